The molecule has 2 aromatic rings. The lowest BCUT2D eigenvalue weighted by atomic mass is 10.5. The predicted octanol–water partition coefficient (Wildman–Crippen LogP) is 1.41. The van der Waals surface area contributed by atoms with Gasteiger partial charge < -0.3 is 5.32 Å². The Bertz CT molecular complexity index is 590. The van der Waals surface area contributed by atoms with E-state index in [1.165, 1.54) is 45.4 Å². The van der Waals surface area contributed by atoms with E-state index in [9.17, 15) is 4.79 Å². The molecule has 18 heavy (non-hydrogen) atoms. The standard InChI is InChI=1S/C10H12N4OS3/c15-8-1-2-11-10-14(8)13-9(18-10)12-5-7-6-16-3-4-17-7/h1-2,7H,3-6H2,(H,12,13). The zero-order chi connectivity index (χ0) is 12.4. The molecule has 1 aliphatic heterocycles. The van der Waals surface area contributed by atoms with E-state index in [0.29, 0.717) is 10.2 Å². The third-order valence-electron chi connectivity index (χ3n) is 2.54. The van der Waals surface area contributed by atoms with Crippen LogP contribution in [0.25, 0.3) is 4.96 Å². The molecule has 1 atom stereocenters. The summed E-state index contributed by atoms with van der Waals surface area (Å²) in [6, 6.07) is 1.42. The van der Waals surface area contributed by atoms with E-state index in [4.69, 9.17) is 0 Å². The quantitative estimate of drug-likeness (QED) is 0.925. The Balaban J connectivity index is 1.71. The maximum absolute atomic E-state index is 11.5. The Morgan fingerprint density at radius 3 is 3.22 bits per heavy atom. The Hall–Kier alpha value is -0.730. The molecule has 2 aromatic heterocycles. The lowest BCUT2D eigenvalue weighted by molar-refractivity contribution is 0.891. The second-order valence-corrected chi connectivity index (χ2v) is 7.35. The van der Waals surface area contributed by atoms with Crippen LogP contribution in [0.1, 0.15) is 0 Å². The first-order chi connectivity index (χ1) is 8.83. The second-order valence-electron chi connectivity index (χ2n) is 3.83. The molecule has 0 spiro atoms. The number of fused-ring (bicyclic) bond motifs is 1. The molecule has 0 radical (unpaired) electrons. The van der Waals surface area contributed by atoms with Crippen molar-refractivity contribution < 1.29 is 0 Å². The van der Waals surface area contributed by atoms with E-state index in [2.05, 4.69) is 15.4 Å². The van der Waals surface area contributed by atoms with Gasteiger partial charge in [-0.1, -0.05) is 11.3 Å². The number of thioether (sulfide) groups is 2. The van der Waals surface area contributed by atoms with Gasteiger partial charge in [-0.25, -0.2) is 4.98 Å². The van der Waals surface area contributed by atoms with Crippen molar-refractivity contribution in [2.24, 2.45) is 0 Å². The van der Waals surface area contributed by atoms with Gasteiger partial charge in [0.1, 0.15) is 0 Å². The van der Waals surface area contributed by atoms with Crippen LogP contribution in [0.2, 0.25) is 0 Å². The van der Waals surface area contributed by atoms with E-state index >= 15 is 0 Å². The summed E-state index contributed by atoms with van der Waals surface area (Å²) in [4.78, 5) is 16.3. The van der Waals surface area contributed by atoms with E-state index in [1.807, 2.05) is 23.5 Å². The minimum absolute atomic E-state index is 0.133. The molecule has 3 heterocycles. The summed E-state index contributed by atoms with van der Waals surface area (Å²) in [6.07, 6.45) is 1.52. The fraction of sp³-hybridized carbons (Fsp3) is 0.500. The van der Waals surface area contributed by atoms with Crippen molar-refractivity contribution in [3.63, 3.8) is 0 Å². The highest BCUT2D eigenvalue weighted by atomic mass is 32.2. The molecule has 1 unspecified atom stereocenters. The lowest BCUT2D eigenvalue weighted by Crippen LogP contribution is -2.23. The molecule has 8 heteroatoms. The smallest absolute Gasteiger partial charge is 0.275 e. The highest BCUT2D eigenvalue weighted by Crippen LogP contribution is 2.25. The third-order valence-corrected chi connectivity index (χ3v) is 6.26. The molecule has 1 saturated heterocycles. The zero-order valence-corrected chi connectivity index (χ0v) is 12.0. The van der Waals surface area contributed by atoms with Gasteiger partial charge in [0.25, 0.3) is 5.56 Å². The van der Waals surface area contributed by atoms with Crippen molar-refractivity contribution in [2.45, 2.75) is 5.25 Å². The van der Waals surface area contributed by atoms with Crippen molar-refractivity contribution >= 4 is 45.0 Å². The summed E-state index contributed by atoms with van der Waals surface area (Å²) >= 11 is 5.42. The van der Waals surface area contributed by atoms with E-state index in [1.54, 1.807) is 0 Å². The molecule has 0 saturated carbocycles. The van der Waals surface area contributed by atoms with Crippen molar-refractivity contribution in [3.05, 3.63) is 22.6 Å². The number of nitrogens with one attached hydrogen (secondary N) is 1. The van der Waals surface area contributed by atoms with Crippen molar-refractivity contribution in [1.29, 1.82) is 0 Å². The van der Waals surface area contributed by atoms with Gasteiger partial charge in [0.05, 0.1) is 0 Å². The number of hydrogen-bond donors (Lipinski definition) is 1. The highest BCUT2D eigenvalue weighted by Gasteiger charge is 2.15. The van der Waals surface area contributed by atoms with Crippen LogP contribution in [-0.2, 0) is 0 Å². The number of nitrogens with zero attached hydrogens (tertiary/aromatic N) is 3. The van der Waals surface area contributed by atoms with Gasteiger partial charge in [-0.2, -0.15) is 28.0 Å². The molecular formula is C10H12N4OS3. The van der Waals surface area contributed by atoms with Gasteiger partial charge >= 0.3 is 0 Å². The maximum Gasteiger partial charge on any atom is 0.275 e. The Morgan fingerprint density at radius 1 is 1.50 bits per heavy atom. The minimum atomic E-state index is -0.133. The van der Waals surface area contributed by atoms with Gasteiger partial charge in [0.15, 0.2) is 0 Å². The molecular weight excluding hydrogens is 288 g/mol. The number of rotatable bonds is 3. The zero-order valence-electron chi connectivity index (χ0n) is 9.54. The fourth-order valence-electron chi connectivity index (χ4n) is 1.67. The van der Waals surface area contributed by atoms with Crippen LogP contribution in [0.3, 0.4) is 0 Å². The Labute approximate surface area is 116 Å². The Morgan fingerprint density at radius 2 is 2.44 bits per heavy atom. The molecule has 1 fully saturated rings. The van der Waals surface area contributed by atoms with Crippen LogP contribution in [0.4, 0.5) is 5.13 Å². The summed E-state index contributed by atoms with van der Waals surface area (Å²) in [5.41, 5.74) is -0.133. The molecule has 1 aliphatic rings. The van der Waals surface area contributed by atoms with Gasteiger partial charge in [-0.3, -0.25) is 4.79 Å². The minimum Gasteiger partial charge on any atom is -0.359 e. The molecule has 5 nitrogen and oxygen atoms in total. The second kappa shape index (κ2) is 5.50. The molecule has 0 aromatic carbocycles. The average molecular weight is 300 g/mol. The van der Waals surface area contributed by atoms with Gasteiger partial charge in [-0.05, 0) is 0 Å². The number of anilines is 1. The van der Waals surface area contributed by atoms with Crippen LogP contribution in [0, 0.1) is 0 Å². The third kappa shape index (κ3) is 2.65. The Kier molecular flexibility index (Phi) is 3.76. The molecule has 96 valence electrons. The fourth-order valence-corrected chi connectivity index (χ4v) is 5.06. The van der Waals surface area contributed by atoms with Crippen LogP contribution >= 0.6 is 34.9 Å². The van der Waals surface area contributed by atoms with Crippen molar-refractivity contribution in [1.82, 2.24) is 14.6 Å². The van der Waals surface area contributed by atoms with E-state index < -0.39 is 0 Å². The summed E-state index contributed by atoms with van der Waals surface area (Å²) in [6.45, 7) is 0.895. The van der Waals surface area contributed by atoms with Crippen LogP contribution in [0.15, 0.2) is 17.1 Å². The van der Waals surface area contributed by atoms with E-state index in [-0.39, 0.29) is 5.56 Å². The largest absolute Gasteiger partial charge is 0.359 e. The van der Waals surface area contributed by atoms with Gasteiger partial charge in [0.2, 0.25) is 10.1 Å². The summed E-state index contributed by atoms with van der Waals surface area (Å²) in [7, 11) is 0. The van der Waals surface area contributed by atoms with Crippen LogP contribution in [0.5, 0.6) is 0 Å². The van der Waals surface area contributed by atoms with Gasteiger partial charge in [-0.15, -0.1) is 5.10 Å². The molecule has 1 N–H and O–H groups in total. The van der Waals surface area contributed by atoms with E-state index in [0.717, 1.165) is 11.7 Å². The molecule has 0 bridgehead atoms. The average Bonchev–Trinajstić information content (AvgIpc) is 2.82. The topological polar surface area (TPSA) is 59.3 Å². The first-order valence-electron chi connectivity index (χ1n) is 5.61. The van der Waals surface area contributed by atoms with Gasteiger partial charge in [0, 0.05) is 41.3 Å². The maximum atomic E-state index is 11.5. The summed E-state index contributed by atoms with van der Waals surface area (Å²) < 4.78 is 1.34. The SMILES string of the molecule is O=c1ccnc2sc(NCC3CSCCS3)nn12. The number of aromatic nitrogens is 3. The highest BCUT2D eigenvalue weighted by molar-refractivity contribution is 8.06. The molecule has 0 amide bonds. The van der Waals surface area contributed by atoms with Crippen LogP contribution < -0.4 is 10.9 Å². The monoisotopic (exact) mass is 300 g/mol. The summed E-state index contributed by atoms with van der Waals surface area (Å²) in [5, 5.41) is 8.93. The summed E-state index contributed by atoms with van der Waals surface area (Å²) in [5.74, 6) is 3.65. The first-order valence-corrected chi connectivity index (χ1v) is 8.63. The molecule has 3 rings (SSSR count). The van der Waals surface area contributed by atoms with Crippen LogP contribution in [-0.4, -0.2) is 43.7 Å². The predicted molar refractivity (Wildman–Crippen MR) is 79.2 cm³/mol. The molecule has 0 aliphatic carbocycles. The van der Waals surface area contributed by atoms with Crippen molar-refractivity contribution in [3.8, 4) is 0 Å². The first kappa shape index (κ1) is 12.3. The van der Waals surface area contributed by atoms with Crippen molar-refractivity contribution in [2.75, 3.05) is 29.1 Å². The lowest BCUT2D eigenvalue weighted by Gasteiger charge is -2.20. The number of hydrogen-bond acceptors (Lipinski definition) is 7. The normalized spacial score (nSPS) is 20.1.